The van der Waals surface area contributed by atoms with Gasteiger partial charge in [0.2, 0.25) is 5.91 Å². The van der Waals surface area contributed by atoms with Crippen LogP contribution in [0.5, 0.6) is 5.75 Å². The molecule has 6 heteroatoms. The van der Waals surface area contributed by atoms with Gasteiger partial charge >= 0.3 is 0 Å². The lowest BCUT2D eigenvalue weighted by atomic mass is 10.2. The molecule has 0 aliphatic carbocycles. The standard InChI is InChI=1S/C11H13IN2O3/c1-7(15)13-4-5-14-11(17)9-6-8(12)2-3-10(9)16/h2-3,6,16H,4-5H2,1H3,(H,13,15)(H,14,17). The van der Waals surface area contributed by atoms with Crippen LogP contribution in [0, 0.1) is 3.57 Å². The Hall–Kier alpha value is -1.31. The molecule has 0 aliphatic heterocycles. The molecule has 1 aromatic rings. The summed E-state index contributed by atoms with van der Waals surface area (Å²) in [6.45, 7) is 2.10. The quantitative estimate of drug-likeness (QED) is 0.558. The SMILES string of the molecule is CC(=O)NCCNC(=O)c1cc(I)ccc1O. The summed E-state index contributed by atoms with van der Waals surface area (Å²) in [4.78, 5) is 22.3. The molecule has 0 aliphatic rings. The molecule has 0 spiro atoms. The molecule has 0 bridgehead atoms. The monoisotopic (exact) mass is 348 g/mol. The third-order valence-corrected chi connectivity index (χ3v) is 2.66. The predicted octanol–water partition coefficient (Wildman–Crippen LogP) is 0.863. The predicted molar refractivity (Wildman–Crippen MR) is 71.8 cm³/mol. The number of aromatic hydroxyl groups is 1. The summed E-state index contributed by atoms with van der Waals surface area (Å²) in [6.07, 6.45) is 0. The lowest BCUT2D eigenvalue weighted by molar-refractivity contribution is -0.118. The zero-order valence-corrected chi connectivity index (χ0v) is 11.4. The molecule has 0 radical (unpaired) electrons. The minimum absolute atomic E-state index is 0.0533. The van der Waals surface area contributed by atoms with Gasteiger partial charge in [-0.3, -0.25) is 9.59 Å². The summed E-state index contributed by atoms with van der Waals surface area (Å²) >= 11 is 2.06. The topological polar surface area (TPSA) is 78.4 Å². The molecular weight excluding hydrogens is 335 g/mol. The molecule has 0 unspecified atom stereocenters. The van der Waals surface area contributed by atoms with Crippen LogP contribution in [0.15, 0.2) is 18.2 Å². The van der Waals surface area contributed by atoms with Crippen molar-refractivity contribution < 1.29 is 14.7 Å². The van der Waals surface area contributed by atoms with Crippen molar-refractivity contribution in [3.63, 3.8) is 0 Å². The number of phenolic OH excluding ortho intramolecular Hbond substituents is 1. The fourth-order valence-electron chi connectivity index (χ4n) is 1.20. The highest BCUT2D eigenvalue weighted by atomic mass is 127. The maximum absolute atomic E-state index is 11.7. The largest absolute Gasteiger partial charge is 0.507 e. The minimum Gasteiger partial charge on any atom is -0.507 e. The zero-order valence-electron chi connectivity index (χ0n) is 9.29. The number of carbonyl (C=O) groups is 2. The van der Waals surface area contributed by atoms with E-state index in [1.54, 1.807) is 12.1 Å². The van der Waals surface area contributed by atoms with E-state index >= 15 is 0 Å². The van der Waals surface area contributed by atoms with Crippen LogP contribution < -0.4 is 10.6 Å². The number of phenols is 1. The Morgan fingerprint density at radius 3 is 2.59 bits per heavy atom. The van der Waals surface area contributed by atoms with Crippen molar-refractivity contribution in [1.82, 2.24) is 10.6 Å². The Labute approximate surface area is 113 Å². The highest BCUT2D eigenvalue weighted by molar-refractivity contribution is 14.1. The van der Waals surface area contributed by atoms with Crippen LogP contribution in [0.1, 0.15) is 17.3 Å². The lowest BCUT2D eigenvalue weighted by Gasteiger charge is -2.07. The molecular formula is C11H13IN2O3. The molecule has 0 atom stereocenters. The zero-order chi connectivity index (χ0) is 12.8. The van der Waals surface area contributed by atoms with E-state index in [4.69, 9.17) is 0 Å². The fraction of sp³-hybridized carbons (Fsp3) is 0.273. The molecule has 1 rings (SSSR count). The van der Waals surface area contributed by atoms with Crippen molar-refractivity contribution in [3.05, 3.63) is 27.3 Å². The molecule has 0 saturated carbocycles. The average molecular weight is 348 g/mol. The normalized spacial score (nSPS) is 9.76. The van der Waals surface area contributed by atoms with E-state index in [0.717, 1.165) is 3.57 Å². The van der Waals surface area contributed by atoms with E-state index in [2.05, 4.69) is 33.2 Å². The molecule has 1 aromatic carbocycles. The Bertz CT molecular complexity index is 435. The summed E-state index contributed by atoms with van der Waals surface area (Å²) in [7, 11) is 0. The first kappa shape index (κ1) is 13.8. The van der Waals surface area contributed by atoms with E-state index in [9.17, 15) is 14.7 Å². The molecule has 0 aromatic heterocycles. The second-order valence-corrected chi connectivity index (χ2v) is 4.65. The third-order valence-electron chi connectivity index (χ3n) is 1.99. The van der Waals surface area contributed by atoms with Crippen LogP contribution in [0.2, 0.25) is 0 Å². The van der Waals surface area contributed by atoms with E-state index in [0.29, 0.717) is 13.1 Å². The molecule has 5 nitrogen and oxygen atoms in total. The number of nitrogens with one attached hydrogen (secondary N) is 2. The van der Waals surface area contributed by atoms with Gasteiger partial charge in [-0.25, -0.2) is 0 Å². The van der Waals surface area contributed by atoms with Crippen LogP contribution in [-0.4, -0.2) is 30.0 Å². The van der Waals surface area contributed by atoms with Gasteiger partial charge in [-0.2, -0.15) is 0 Å². The number of rotatable bonds is 4. The molecule has 0 fully saturated rings. The van der Waals surface area contributed by atoms with Gasteiger partial charge in [-0.1, -0.05) is 0 Å². The van der Waals surface area contributed by atoms with Gasteiger partial charge < -0.3 is 15.7 Å². The average Bonchev–Trinajstić information content (AvgIpc) is 2.27. The number of amides is 2. The molecule has 0 heterocycles. The Morgan fingerprint density at radius 1 is 1.29 bits per heavy atom. The maximum Gasteiger partial charge on any atom is 0.255 e. The van der Waals surface area contributed by atoms with Crippen molar-refractivity contribution >= 4 is 34.4 Å². The first-order valence-electron chi connectivity index (χ1n) is 5.02. The number of hydrogen-bond donors (Lipinski definition) is 3. The summed E-state index contributed by atoms with van der Waals surface area (Å²) in [5.41, 5.74) is 0.236. The molecule has 2 amide bonds. The fourth-order valence-corrected chi connectivity index (χ4v) is 1.69. The highest BCUT2D eigenvalue weighted by Crippen LogP contribution is 2.19. The second kappa shape index (κ2) is 6.43. The molecule has 0 saturated heterocycles. The highest BCUT2D eigenvalue weighted by Gasteiger charge is 2.10. The molecule has 17 heavy (non-hydrogen) atoms. The van der Waals surface area contributed by atoms with Gasteiger partial charge in [0.15, 0.2) is 0 Å². The first-order chi connectivity index (χ1) is 8.00. The Balaban J connectivity index is 2.52. The second-order valence-electron chi connectivity index (χ2n) is 3.40. The third kappa shape index (κ3) is 4.59. The number of carbonyl (C=O) groups excluding carboxylic acids is 2. The van der Waals surface area contributed by atoms with E-state index in [-0.39, 0.29) is 23.1 Å². The number of halogens is 1. The number of benzene rings is 1. The first-order valence-corrected chi connectivity index (χ1v) is 6.09. The summed E-state index contributed by atoms with van der Waals surface area (Å²) in [5, 5.41) is 14.7. The van der Waals surface area contributed by atoms with Crippen LogP contribution in [-0.2, 0) is 4.79 Å². The van der Waals surface area contributed by atoms with Gasteiger partial charge in [0.05, 0.1) is 5.56 Å². The Kier molecular flexibility index (Phi) is 5.20. The van der Waals surface area contributed by atoms with Crippen LogP contribution in [0.25, 0.3) is 0 Å². The van der Waals surface area contributed by atoms with Gasteiger partial charge in [0, 0.05) is 23.6 Å². The molecule has 92 valence electrons. The minimum atomic E-state index is -0.355. The van der Waals surface area contributed by atoms with E-state index in [1.165, 1.54) is 13.0 Å². The smallest absolute Gasteiger partial charge is 0.255 e. The van der Waals surface area contributed by atoms with Crippen LogP contribution >= 0.6 is 22.6 Å². The van der Waals surface area contributed by atoms with E-state index < -0.39 is 0 Å². The van der Waals surface area contributed by atoms with Gasteiger partial charge in [-0.15, -0.1) is 0 Å². The van der Waals surface area contributed by atoms with Crippen molar-refractivity contribution in [3.8, 4) is 5.75 Å². The van der Waals surface area contributed by atoms with Crippen LogP contribution in [0.4, 0.5) is 0 Å². The Morgan fingerprint density at radius 2 is 1.94 bits per heavy atom. The van der Waals surface area contributed by atoms with E-state index in [1.807, 2.05) is 0 Å². The van der Waals surface area contributed by atoms with Crippen LogP contribution in [0.3, 0.4) is 0 Å². The van der Waals surface area contributed by atoms with Gasteiger partial charge in [-0.05, 0) is 40.8 Å². The van der Waals surface area contributed by atoms with Gasteiger partial charge in [0.25, 0.3) is 5.91 Å². The lowest BCUT2D eigenvalue weighted by Crippen LogP contribution is -2.33. The van der Waals surface area contributed by atoms with Crippen molar-refractivity contribution in [2.75, 3.05) is 13.1 Å². The van der Waals surface area contributed by atoms with Crippen molar-refractivity contribution in [2.45, 2.75) is 6.92 Å². The van der Waals surface area contributed by atoms with Crippen molar-refractivity contribution in [2.24, 2.45) is 0 Å². The summed E-state index contributed by atoms with van der Waals surface area (Å²) in [6, 6.07) is 4.79. The van der Waals surface area contributed by atoms with Crippen molar-refractivity contribution in [1.29, 1.82) is 0 Å². The maximum atomic E-state index is 11.7. The summed E-state index contributed by atoms with van der Waals surface area (Å²) < 4.78 is 0.868. The number of hydrogen-bond acceptors (Lipinski definition) is 3. The van der Waals surface area contributed by atoms with Gasteiger partial charge in [0.1, 0.15) is 5.75 Å². The molecule has 3 N–H and O–H groups in total. The summed E-state index contributed by atoms with van der Waals surface area (Å²) in [5.74, 6) is -0.551.